The second kappa shape index (κ2) is 10.6. The molecule has 0 heterocycles. The zero-order valence-corrected chi connectivity index (χ0v) is 13.8. The highest BCUT2D eigenvalue weighted by atomic mass is 31.1. The number of alkyl carbamates (subject to hydrolysis) is 1. The third kappa shape index (κ3) is 7.63. The van der Waals surface area contributed by atoms with Gasteiger partial charge in [-0.25, -0.2) is 9.59 Å². The summed E-state index contributed by atoms with van der Waals surface area (Å²) < 4.78 is 21.1. The second-order valence-corrected chi connectivity index (χ2v) is 6.23. The fraction of sp³-hybridized carbons (Fsp3) is 0.333. The lowest BCUT2D eigenvalue weighted by molar-refractivity contribution is -0.138. The van der Waals surface area contributed by atoms with Gasteiger partial charge in [-0.05, 0) is 18.6 Å². The molecule has 1 aromatic carbocycles. The first-order valence-corrected chi connectivity index (χ1v) is 8.86. The number of nitrogens with one attached hydrogen (secondary N) is 1. The van der Waals surface area contributed by atoms with Crippen LogP contribution in [0.25, 0.3) is 0 Å². The first-order chi connectivity index (χ1) is 11.1. The summed E-state index contributed by atoms with van der Waals surface area (Å²) in [7, 11) is -2.23. The van der Waals surface area contributed by atoms with Crippen molar-refractivity contribution in [2.24, 2.45) is 0 Å². The number of aliphatic hydroxyl groups excluding tert-OH is 1. The maximum atomic E-state index is 11.7. The van der Waals surface area contributed by atoms with Gasteiger partial charge in [-0.1, -0.05) is 30.3 Å². The van der Waals surface area contributed by atoms with Gasteiger partial charge in [-0.2, -0.15) is 0 Å². The fourth-order valence-electron chi connectivity index (χ4n) is 1.54. The van der Waals surface area contributed by atoms with E-state index in [4.69, 9.17) is 14.6 Å². The van der Waals surface area contributed by atoms with Gasteiger partial charge >= 0.3 is 12.1 Å². The van der Waals surface area contributed by atoms with Crippen LogP contribution >= 0.6 is 7.80 Å². The largest absolute Gasteiger partial charge is 0.461 e. The number of carbonyl (C=O) groups excluding carboxylic acids is 2. The van der Waals surface area contributed by atoms with Gasteiger partial charge in [-0.15, -0.1) is 0 Å². The summed E-state index contributed by atoms with van der Waals surface area (Å²) in [6.45, 7) is 1.81. The topological polar surface area (TPSA) is 102 Å². The lowest BCUT2D eigenvalue weighted by atomic mass is 10.2. The lowest BCUT2D eigenvalue weighted by Crippen LogP contribution is -2.29. The van der Waals surface area contributed by atoms with E-state index in [1.807, 2.05) is 18.2 Å². The minimum Gasteiger partial charge on any atom is -0.461 e. The standard InChI is InChI=1S/C15H20NO6P/c1-2-21-14(18)13(8-9-23(20)11-17)16-15(19)22-10-12-6-4-3-5-7-12/h3-8,17,23H,2,9-11H2,1H3,(H,16,19)/b13-8-. The second-order valence-electron chi connectivity index (χ2n) is 4.43. The van der Waals surface area contributed by atoms with Crippen LogP contribution in [0.15, 0.2) is 42.1 Å². The van der Waals surface area contributed by atoms with Crippen LogP contribution in [0, 0.1) is 0 Å². The summed E-state index contributed by atoms with van der Waals surface area (Å²) in [6, 6.07) is 9.06. The number of hydrogen-bond donors (Lipinski definition) is 2. The number of aliphatic hydroxyl groups is 1. The van der Waals surface area contributed by atoms with Crippen molar-refractivity contribution in [3.63, 3.8) is 0 Å². The van der Waals surface area contributed by atoms with Crippen LogP contribution < -0.4 is 5.32 Å². The molecule has 2 N–H and O–H groups in total. The van der Waals surface area contributed by atoms with Crippen LogP contribution in [0.5, 0.6) is 0 Å². The molecule has 1 amide bonds. The van der Waals surface area contributed by atoms with Crippen LogP contribution in [0.1, 0.15) is 12.5 Å². The fourth-order valence-corrected chi connectivity index (χ4v) is 2.10. The zero-order chi connectivity index (χ0) is 17.1. The molecule has 7 nitrogen and oxygen atoms in total. The van der Waals surface area contributed by atoms with Crippen LogP contribution in [-0.2, 0) is 25.4 Å². The van der Waals surface area contributed by atoms with E-state index in [2.05, 4.69) is 5.32 Å². The number of carbonyl (C=O) groups is 2. The molecule has 0 radical (unpaired) electrons. The number of amides is 1. The minimum atomic E-state index is -2.23. The summed E-state index contributed by atoms with van der Waals surface area (Å²) in [5.41, 5.74) is 0.645. The average molecular weight is 341 g/mol. The Morgan fingerprint density at radius 1 is 1.26 bits per heavy atom. The van der Waals surface area contributed by atoms with Crippen molar-refractivity contribution >= 4 is 19.9 Å². The molecule has 0 aliphatic heterocycles. The molecule has 0 aliphatic carbocycles. The summed E-state index contributed by atoms with van der Waals surface area (Å²) >= 11 is 0. The van der Waals surface area contributed by atoms with Crippen LogP contribution in [-0.4, -0.2) is 36.3 Å². The Hall–Kier alpha value is -2.11. The van der Waals surface area contributed by atoms with E-state index in [1.54, 1.807) is 19.1 Å². The van der Waals surface area contributed by atoms with Crippen molar-refractivity contribution in [3.8, 4) is 0 Å². The van der Waals surface area contributed by atoms with Gasteiger partial charge in [-0.3, -0.25) is 5.32 Å². The van der Waals surface area contributed by atoms with Crippen molar-refractivity contribution in [2.45, 2.75) is 13.5 Å². The first kappa shape index (κ1) is 18.9. The van der Waals surface area contributed by atoms with Gasteiger partial charge in [0.05, 0.1) is 13.0 Å². The molecule has 1 rings (SSSR count). The van der Waals surface area contributed by atoms with E-state index < -0.39 is 26.2 Å². The van der Waals surface area contributed by atoms with Gasteiger partial charge in [0.25, 0.3) is 0 Å². The summed E-state index contributed by atoms with van der Waals surface area (Å²) in [5.74, 6) is -0.753. The quantitative estimate of drug-likeness (QED) is 0.425. The molecule has 23 heavy (non-hydrogen) atoms. The van der Waals surface area contributed by atoms with Crippen LogP contribution in [0.3, 0.4) is 0 Å². The first-order valence-electron chi connectivity index (χ1n) is 7.04. The van der Waals surface area contributed by atoms with Crippen molar-refractivity contribution in [3.05, 3.63) is 47.7 Å². The maximum absolute atomic E-state index is 11.7. The van der Waals surface area contributed by atoms with Crippen molar-refractivity contribution in [1.82, 2.24) is 5.32 Å². The number of esters is 1. The van der Waals surface area contributed by atoms with E-state index in [9.17, 15) is 14.2 Å². The summed E-state index contributed by atoms with van der Waals surface area (Å²) in [5, 5.41) is 11.0. The SMILES string of the molecule is CCOC(=O)/C(=C/C[PH](=O)CO)NC(=O)OCc1ccccc1. The molecule has 0 saturated carbocycles. The number of benzene rings is 1. The van der Waals surface area contributed by atoms with Crippen LogP contribution in [0.4, 0.5) is 4.79 Å². The Bertz CT molecular complexity index is 573. The normalized spacial score (nSPS) is 12.3. The minimum absolute atomic E-state index is 0.0196. The lowest BCUT2D eigenvalue weighted by Gasteiger charge is -2.10. The third-order valence-corrected chi connectivity index (χ3v) is 3.67. The van der Waals surface area contributed by atoms with E-state index in [0.717, 1.165) is 5.56 Å². The monoisotopic (exact) mass is 341 g/mol. The molecule has 1 atom stereocenters. The smallest absolute Gasteiger partial charge is 0.412 e. The Labute approximate surface area is 135 Å². The Morgan fingerprint density at radius 2 is 1.96 bits per heavy atom. The number of ether oxygens (including phenoxy) is 2. The van der Waals surface area contributed by atoms with Crippen molar-refractivity contribution < 1.29 is 28.7 Å². The average Bonchev–Trinajstić information content (AvgIpc) is 2.57. The van der Waals surface area contributed by atoms with Crippen molar-refractivity contribution in [2.75, 3.05) is 19.1 Å². The molecule has 0 aliphatic rings. The molecule has 0 spiro atoms. The molecule has 0 bridgehead atoms. The van der Waals surface area contributed by atoms with E-state index in [0.29, 0.717) is 0 Å². The molecule has 0 fully saturated rings. The third-order valence-electron chi connectivity index (χ3n) is 2.66. The Balaban J connectivity index is 2.62. The molecule has 0 saturated heterocycles. The number of hydrogen-bond acceptors (Lipinski definition) is 6. The number of rotatable bonds is 8. The highest BCUT2D eigenvalue weighted by molar-refractivity contribution is 7.44. The van der Waals surface area contributed by atoms with Crippen LogP contribution in [0.2, 0.25) is 0 Å². The van der Waals surface area contributed by atoms with E-state index in [1.165, 1.54) is 6.08 Å². The molecule has 8 heteroatoms. The van der Waals surface area contributed by atoms with Gasteiger partial charge in [0.2, 0.25) is 0 Å². The predicted octanol–water partition coefficient (Wildman–Crippen LogP) is 1.87. The van der Waals surface area contributed by atoms with Crippen molar-refractivity contribution in [1.29, 1.82) is 0 Å². The number of allylic oxidation sites excluding steroid dienone is 1. The molecule has 126 valence electrons. The van der Waals surface area contributed by atoms with Gasteiger partial charge < -0.3 is 19.1 Å². The summed E-state index contributed by atoms with van der Waals surface area (Å²) in [6.07, 6.45) is -0.0413. The highest BCUT2D eigenvalue weighted by Crippen LogP contribution is 2.18. The van der Waals surface area contributed by atoms with Gasteiger partial charge in [0.1, 0.15) is 20.1 Å². The zero-order valence-electron chi connectivity index (χ0n) is 12.8. The molecule has 1 unspecified atom stereocenters. The molecular weight excluding hydrogens is 321 g/mol. The van der Waals surface area contributed by atoms with Gasteiger partial charge in [0, 0.05) is 6.16 Å². The van der Waals surface area contributed by atoms with E-state index >= 15 is 0 Å². The van der Waals surface area contributed by atoms with E-state index in [-0.39, 0.29) is 25.1 Å². The Morgan fingerprint density at radius 3 is 2.57 bits per heavy atom. The maximum Gasteiger partial charge on any atom is 0.412 e. The molecule has 0 aromatic heterocycles. The Kier molecular flexibility index (Phi) is 8.72. The molecular formula is C15H20NO6P. The molecule has 1 aromatic rings. The predicted molar refractivity (Wildman–Crippen MR) is 85.4 cm³/mol. The summed E-state index contributed by atoms with van der Waals surface area (Å²) in [4.78, 5) is 23.5. The highest BCUT2D eigenvalue weighted by Gasteiger charge is 2.15. The van der Waals surface area contributed by atoms with Gasteiger partial charge in [0.15, 0.2) is 0 Å².